The first kappa shape index (κ1) is 17.0. The molecule has 2 rings (SSSR count). The lowest BCUT2D eigenvalue weighted by Gasteiger charge is -2.23. The van der Waals surface area contributed by atoms with Gasteiger partial charge in [-0.1, -0.05) is 12.1 Å². The molecule has 0 fully saturated rings. The maximum absolute atomic E-state index is 14.2. The van der Waals surface area contributed by atoms with Crippen molar-refractivity contribution in [1.82, 2.24) is 4.98 Å². The summed E-state index contributed by atoms with van der Waals surface area (Å²) < 4.78 is 51.6. The summed E-state index contributed by atoms with van der Waals surface area (Å²) in [6, 6.07) is 9.13. The van der Waals surface area contributed by atoms with Crippen LogP contribution < -0.4 is 4.90 Å². The minimum absolute atomic E-state index is 0.0496. The standard InChI is InChI=1S/C15H14F2N2O3S/c1-19(11-6-5-7-12(10-11)23(2,21)22)14(20)15(16,17)13-8-3-4-9-18-13/h3-10H,1-2H3. The topological polar surface area (TPSA) is 67.3 Å². The fourth-order valence-electron chi connectivity index (χ4n) is 1.91. The van der Waals surface area contributed by atoms with Crippen molar-refractivity contribution in [2.24, 2.45) is 0 Å². The van der Waals surface area contributed by atoms with Gasteiger partial charge in [-0.05, 0) is 30.3 Å². The van der Waals surface area contributed by atoms with Gasteiger partial charge in [0.2, 0.25) is 0 Å². The first-order valence-electron chi connectivity index (χ1n) is 6.51. The Labute approximate surface area is 132 Å². The minimum Gasteiger partial charge on any atom is -0.310 e. The maximum atomic E-state index is 14.2. The Morgan fingerprint density at radius 1 is 1.17 bits per heavy atom. The predicted molar refractivity (Wildman–Crippen MR) is 81.1 cm³/mol. The van der Waals surface area contributed by atoms with Crippen molar-refractivity contribution in [3.05, 3.63) is 54.4 Å². The number of hydrogen-bond donors (Lipinski definition) is 0. The molecule has 0 spiro atoms. The third-order valence-electron chi connectivity index (χ3n) is 3.19. The van der Waals surface area contributed by atoms with Crippen LogP contribution in [0, 0.1) is 0 Å². The van der Waals surface area contributed by atoms with Crippen LogP contribution in [0.1, 0.15) is 5.69 Å². The number of carbonyl (C=O) groups excluding carboxylic acids is 1. The van der Waals surface area contributed by atoms with E-state index in [0.717, 1.165) is 19.4 Å². The molecule has 5 nitrogen and oxygen atoms in total. The molecule has 0 unspecified atom stereocenters. The number of rotatable bonds is 4. The van der Waals surface area contributed by atoms with Gasteiger partial charge in [0.05, 0.1) is 4.90 Å². The molecule has 122 valence electrons. The lowest BCUT2D eigenvalue weighted by Crippen LogP contribution is -2.40. The number of nitrogens with zero attached hydrogens (tertiary/aromatic N) is 2. The number of benzene rings is 1. The molecule has 1 aromatic carbocycles. The van der Waals surface area contributed by atoms with Gasteiger partial charge in [-0.3, -0.25) is 9.78 Å². The molecule has 0 radical (unpaired) electrons. The van der Waals surface area contributed by atoms with Gasteiger partial charge in [0.1, 0.15) is 5.69 Å². The van der Waals surface area contributed by atoms with Crippen LogP contribution in [0.15, 0.2) is 53.6 Å². The molecule has 0 aliphatic heterocycles. The van der Waals surface area contributed by atoms with Crippen molar-refractivity contribution in [1.29, 1.82) is 0 Å². The van der Waals surface area contributed by atoms with E-state index >= 15 is 0 Å². The van der Waals surface area contributed by atoms with E-state index in [4.69, 9.17) is 0 Å². The van der Waals surface area contributed by atoms with Crippen molar-refractivity contribution in [3.63, 3.8) is 0 Å². The SMILES string of the molecule is CN(C(=O)C(F)(F)c1ccccn1)c1cccc(S(C)(=O)=O)c1. The lowest BCUT2D eigenvalue weighted by molar-refractivity contribution is -0.144. The number of aromatic nitrogens is 1. The van der Waals surface area contributed by atoms with Crippen LogP contribution in [0.5, 0.6) is 0 Å². The van der Waals surface area contributed by atoms with Gasteiger partial charge in [0, 0.05) is 25.2 Å². The average molecular weight is 340 g/mol. The fraction of sp³-hybridized carbons (Fsp3) is 0.200. The number of sulfone groups is 1. The molecule has 0 atom stereocenters. The Hall–Kier alpha value is -2.35. The van der Waals surface area contributed by atoms with E-state index in [0.29, 0.717) is 4.90 Å². The van der Waals surface area contributed by atoms with Crippen molar-refractivity contribution >= 4 is 21.4 Å². The van der Waals surface area contributed by atoms with Gasteiger partial charge in [0.25, 0.3) is 0 Å². The second-order valence-electron chi connectivity index (χ2n) is 4.92. The number of hydrogen-bond acceptors (Lipinski definition) is 4. The summed E-state index contributed by atoms with van der Waals surface area (Å²) in [6.45, 7) is 0. The molecule has 1 aromatic heterocycles. The van der Waals surface area contributed by atoms with Gasteiger partial charge < -0.3 is 4.90 Å². The molecule has 0 saturated heterocycles. The van der Waals surface area contributed by atoms with Gasteiger partial charge in [-0.15, -0.1) is 0 Å². The third kappa shape index (κ3) is 3.53. The fourth-order valence-corrected chi connectivity index (χ4v) is 2.57. The largest absolute Gasteiger partial charge is 0.366 e. The van der Waals surface area contributed by atoms with E-state index < -0.39 is 27.4 Å². The van der Waals surface area contributed by atoms with Crippen LogP contribution >= 0.6 is 0 Å². The smallest absolute Gasteiger partial charge is 0.310 e. The summed E-state index contributed by atoms with van der Waals surface area (Å²) >= 11 is 0. The van der Waals surface area contributed by atoms with Crippen LogP contribution in [0.3, 0.4) is 0 Å². The zero-order valence-electron chi connectivity index (χ0n) is 12.4. The number of carbonyl (C=O) groups is 1. The molecule has 0 saturated carbocycles. The summed E-state index contributed by atoms with van der Waals surface area (Å²) in [7, 11) is -2.36. The highest BCUT2D eigenvalue weighted by Crippen LogP contribution is 2.30. The normalized spacial score (nSPS) is 12.0. The van der Waals surface area contributed by atoms with Gasteiger partial charge >= 0.3 is 11.8 Å². The summed E-state index contributed by atoms with van der Waals surface area (Å²) in [5.41, 5.74) is -0.621. The molecule has 23 heavy (non-hydrogen) atoms. The van der Waals surface area contributed by atoms with Crippen LogP contribution in [-0.2, 0) is 20.6 Å². The zero-order chi connectivity index (χ0) is 17.3. The lowest BCUT2D eigenvalue weighted by atomic mass is 10.1. The van der Waals surface area contributed by atoms with Crippen LogP contribution in [0.2, 0.25) is 0 Å². The Bertz CT molecular complexity index is 824. The Kier molecular flexibility index (Phi) is 4.46. The van der Waals surface area contributed by atoms with Gasteiger partial charge in [-0.2, -0.15) is 8.78 Å². The van der Waals surface area contributed by atoms with Crippen molar-refractivity contribution in [2.45, 2.75) is 10.8 Å². The highest BCUT2D eigenvalue weighted by molar-refractivity contribution is 7.90. The summed E-state index contributed by atoms with van der Waals surface area (Å²) in [4.78, 5) is 16.3. The van der Waals surface area contributed by atoms with E-state index in [1.807, 2.05) is 0 Å². The van der Waals surface area contributed by atoms with Gasteiger partial charge in [-0.25, -0.2) is 8.42 Å². The van der Waals surface area contributed by atoms with Gasteiger partial charge in [0.15, 0.2) is 9.84 Å². The molecular formula is C15H14F2N2O3S. The number of halogens is 2. The van der Waals surface area contributed by atoms with E-state index in [1.54, 1.807) is 0 Å². The monoisotopic (exact) mass is 340 g/mol. The Morgan fingerprint density at radius 3 is 2.43 bits per heavy atom. The highest BCUT2D eigenvalue weighted by Gasteiger charge is 2.44. The number of amides is 1. The zero-order valence-corrected chi connectivity index (χ0v) is 13.2. The number of likely N-dealkylation sites (N-methyl/N-ethyl adjacent to an activating group) is 1. The molecule has 0 bridgehead atoms. The molecule has 8 heteroatoms. The number of pyridine rings is 1. The molecule has 0 N–H and O–H groups in total. The third-order valence-corrected chi connectivity index (χ3v) is 4.30. The predicted octanol–water partition coefficient (Wildman–Crippen LogP) is 2.24. The second-order valence-corrected chi connectivity index (χ2v) is 6.94. The Morgan fingerprint density at radius 2 is 1.87 bits per heavy atom. The summed E-state index contributed by atoms with van der Waals surface area (Å²) in [5, 5.41) is 0. The average Bonchev–Trinajstić information content (AvgIpc) is 2.53. The van der Waals surface area contributed by atoms with E-state index in [1.165, 1.54) is 42.6 Å². The molecular weight excluding hydrogens is 326 g/mol. The quantitative estimate of drug-likeness (QED) is 0.856. The number of anilines is 1. The first-order chi connectivity index (χ1) is 10.6. The minimum atomic E-state index is -3.82. The molecule has 2 aromatic rings. The van der Waals surface area contributed by atoms with Crippen molar-refractivity contribution in [2.75, 3.05) is 18.2 Å². The molecule has 0 aliphatic rings. The van der Waals surface area contributed by atoms with Crippen molar-refractivity contribution < 1.29 is 22.0 Å². The molecule has 0 aliphatic carbocycles. The van der Waals surface area contributed by atoms with E-state index in [2.05, 4.69) is 4.98 Å². The van der Waals surface area contributed by atoms with Crippen LogP contribution in [-0.4, -0.2) is 32.6 Å². The van der Waals surface area contributed by atoms with Crippen LogP contribution in [0.4, 0.5) is 14.5 Å². The summed E-state index contributed by atoms with van der Waals surface area (Å²) in [6.07, 6.45) is 2.16. The molecule has 1 amide bonds. The van der Waals surface area contributed by atoms with E-state index in [9.17, 15) is 22.0 Å². The second kappa shape index (κ2) is 6.04. The Balaban J connectivity index is 2.37. The van der Waals surface area contributed by atoms with Crippen molar-refractivity contribution in [3.8, 4) is 0 Å². The first-order valence-corrected chi connectivity index (χ1v) is 8.41. The van der Waals surface area contributed by atoms with E-state index in [-0.39, 0.29) is 10.6 Å². The van der Waals surface area contributed by atoms with Crippen LogP contribution in [0.25, 0.3) is 0 Å². The number of alkyl halides is 2. The highest BCUT2D eigenvalue weighted by atomic mass is 32.2. The molecule has 1 heterocycles. The maximum Gasteiger partial charge on any atom is 0.366 e. The summed E-state index contributed by atoms with van der Waals surface area (Å²) in [5.74, 6) is -5.32.